The summed E-state index contributed by atoms with van der Waals surface area (Å²) in [5, 5.41) is 0. The van der Waals surface area contributed by atoms with Crippen molar-refractivity contribution in [3.8, 4) is 11.4 Å². The van der Waals surface area contributed by atoms with Crippen LogP contribution in [0.4, 0.5) is 0 Å². The van der Waals surface area contributed by atoms with Crippen molar-refractivity contribution in [3.63, 3.8) is 0 Å². The van der Waals surface area contributed by atoms with Crippen LogP contribution < -0.4 is 5.56 Å². The van der Waals surface area contributed by atoms with Gasteiger partial charge in [-0.15, -0.1) is 11.8 Å². The first kappa shape index (κ1) is 10.9. The van der Waals surface area contributed by atoms with Crippen LogP contribution in [-0.2, 0) is 0 Å². The minimum absolute atomic E-state index is 0.204. The van der Waals surface area contributed by atoms with Gasteiger partial charge in [0.05, 0.1) is 6.20 Å². The van der Waals surface area contributed by atoms with Gasteiger partial charge in [0.25, 0.3) is 5.56 Å². The highest BCUT2D eigenvalue weighted by atomic mass is 32.2. The van der Waals surface area contributed by atoms with Crippen LogP contribution in [0.15, 0.2) is 40.4 Å². The third-order valence-corrected chi connectivity index (χ3v) is 2.91. The molecule has 1 N–H and O–H groups in total. The molecule has 0 amide bonds. The van der Waals surface area contributed by atoms with Gasteiger partial charge in [-0.25, -0.2) is 4.98 Å². The van der Waals surface area contributed by atoms with E-state index in [1.165, 1.54) is 6.20 Å². The molecule has 16 heavy (non-hydrogen) atoms. The van der Waals surface area contributed by atoms with E-state index in [2.05, 4.69) is 21.9 Å². The summed E-state index contributed by atoms with van der Waals surface area (Å²) in [5.41, 5.74) is 1.30. The number of nitrogens with zero attached hydrogens (tertiary/aromatic N) is 2. The fraction of sp³-hybridized carbons (Fsp3) is 0.182. The first-order valence-corrected chi connectivity index (χ1v) is 5.92. The number of H-pyrrole nitrogens is 1. The predicted molar refractivity (Wildman–Crippen MR) is 64.5 cm³/mol. The summed E-state index contributed by atoms with van der Waals surface area (Å²) in [4.78, 5) is 23.0. The molecule has 0 aromatic carbocycles. The molecular weight excluding hydrogens is 222 g/mol. The third-order valence-electron chi connectivity index (χ3n) is 1.99. The van der Waals surface area contributed by atoms with Crippen molar-refractivity contribution in [1.82, 2.24) is 15.0 Å². The Morgan fingerprint density at radius 3 is 3.00 bits per heavy atom. The van der Waals surface area contributed by atoms with Crippen LogP contribution in [0.25, 0.3) is 11.4 Å². The van der Waals surface area contributed by atoms with E-state index in [9.17, 15) is 4.79 Å². The lowest BCUT2D eigenvalue weighted by Gasteiger charge is -2.05. The number of hydrogen-bond donors (Lipinski definition) is 1. The molecule has 0 atom stereocenters. The lowest BCUT2D eigenvalue weighted by molar-refractivity contribution is 1.11. The van der Waals surface area contributed by atoms with Gasteiger partial charge in [-0.1, -0.05) is 6.92 Å². The minimum Gasteiger partial charge on any atom is -0.326 e. The molecular formula is C11H11N3OS. The Bertz CT molecular complexity index is 518. The molecule has 4 nitrogen and oxygen atoms in total. The Hall–Kier alpha value is -1.62. The summed E-state index contributed by atoms with van der Waals surface area (Å²) in [7, 11) is 0. The van der Waals surface area contributed by atoms with Gasteiger partial charge in [0.15, 0.2) is 0 Å². The van der Waals surface area contributed by atoms with Crippen LogP contribution in [0.3, 0.4) is 0 Å². The summed E-state index contributed by atoms with van der Waals surface area (Å²) >= 11 is 1.71. The van der Waals surface area contributed by atoms with Crippen molar-refractivity contribution in [3.05, 3.63) is 41.1 Å². The van der Waals surface area contributed by atoms with Crippen LogP contribution in [-0.4, -0.2) is 20.7 Å². The second kappa shape index (κ2) is 4.94. The van der Waals surface area contributed by atoms with Crippen molar-refractivity contribution in [2.24, 2.45) is 0 Å². The fourth-order valence-electron chi connectivity index (χ4n) is 1.33. The molecule has 2 aromatic rings. The number of aromatic nitrogens is 3. The number of aromatic amines is 1. The first-order valence-electron chi connectivity index (χ1n) is 4.94. The van der Waals surface area contributed by atoms with Crippen LogP contribution in [0.2, 0.25) is 0 Å². The summed E-state index contributed by atoms with van der Waals surface area (Å²) < 4.78 is 0. The highest BCUT2D eigenvalue weighted by molar-refractivity contribution is 7.99. The second-order valence-electron chi connectivity index (χ2n) is 3.08. The Morgan fingerprint density at radius 2 is 2.31 bits per heavy atom. The van der Waals surface area contributed by atoms with Crippen molar-refractivity contribution in [1.29, 1.82) is 0 Å². The van der Waals surface area contributed by atoms with E-state index in [-0.39, 0.29) is 5.56 Å². The van der Waals surface area contributed by atoms with Gasteiger partial charge in [-0.3, -0.25) is 9.78 Å². The van der Waals surface area contributed by atoms with Crippen molar-refractivity contribution >= 4 is 11.8 Å². The molecule has 0 aliphatic rings. The van der Waals surface area contributed by atoms with Crippen LogP contribution in [0, 0.1) is 0 Å². The zero-order valence-corrected chi connectivity index (χ0v) is 9.62. The maximum absolute atomic E-state index is 10.9. The summed E-state index contributed by atoms with van der Waals surface area (Å²) in [6.07, 6.45) is 4.58. The molecule has 0 unspecified atom stereocenters. The van der Waals surface area contributed by atoms with E-state index in [1.54, 1.807) is 24.2 Å². The molecule has 0 saturated heterocycles. The normalized spacial score (nSPS) is 10.3. The quantitative estimate of drug-likeness (QED) is 0.823. The lowest BCUT2D eigenvalue weighted by Crippen LogP contribution is -2.05. The summed E-state index contributed by atoms with van der Waals surface area (Å²) in [6, 6.07) is 3.90. The Labute approximate surface area is 97.2 Å². The van der Waals surface area contributed by atoms with E-state index in [1.807, 2.05) is 12.1 Å². The largest absolute Gasteiger partial charge is 0.326 e. The highest BCUT2D eigenvalue weighted by Gasteiger charge is 2.07. The van der Waals surface area contributed by atoms with Gasteiger partial charge in [-0.05, 0) is 17.9 Å². The number of thioether (sulfide) groups is 1. The molecule has 5 heteroatoms. The smallest absolute Gasteiger partial charge is 0.266 e. The van der Waals surface area contributed by atoms with Gasteiger partial charge >= 0.3 is 0 Å². The number of rotatable bonds is 3. The molecule has 0 fully saturated rings. The van der Waals surface area contributed by atoms with Crippen molar-refractivity contribution < 1.29 is 0 Å². The molecule has 2 heterocycles. The SMILES string of the molecule is CCSc1cccnc1-c1c[nH]c(=O)cn1. The van der Waals surface area contributed by atoms with E-state index < -0.39 is 0 Å². The zero-order valence-electron chi connectivity index (χ0n) is 8.80. The average Bonchev–Trinajstić information content (AvgIpc) is 2.32. The maximum Gasteiger partial charge on any atom is 0.266 e. The Balaban J connectivity index is 2.46. The van der Waals surface area contributed by atoms with E-state index in [4.69, 9.17) is 0 Å². The van der Waals surface area contributed by atoms with Crippen LogP contribution >= 0.6 is 11.8 Å². The Morgan fingerprint density at radius 1 is 1.44 bits per heavy atom. The fourth-order valence-corrected chi connectivity index (χ4v) is 2.11. The average molecular weight is 233 g/mol. The molecule has 0 spiro atoms. The molecule has 2 rings (SSSR count). The first-order chi connectivity index (χ1) is 7.81. The van der Waals surface area contributed by atoms with Gasteiger partial charge in [0.2, 0.25) is 0 Å². The molecule has 0 saturated carbocycles. The van der Waals surface area contributed by atoms with E-state index >= 15 is 0 Å². The third kappa shape index (κ3) is 2.30. The van der Waals surface area contributed by atoms with Gasteiger partial charge in [0.1, 0.15) is 11.4 Å². The zero-order chi connectivity index (χ0) is 11.4. The lowest BCUT2D eigenvalue weighted by atomic mass is 10.3. The molecule has 0 bridgehead atoms. The number of hydrogen-bond acceptors (Lipinski definition) is 4. The standard InChI is InChI=1S/C11H11N3OS/c1-2-16-9-4-3-5-12-11(9)8-6-14-10(15)7-13-8/h3-7H,2H2,1H3,(H,14,15). The van der Waals surface area contributed by atoms with Crippen molar-refractivity contribution in [2.75, 3.05) is 5.75 Å². The summed E-state index contributed by atoms with van der Waals surface area (Å²) in [5.74, 6) is 0.974. The van der Waals surface area contributed by atoms with Gasteiger partial charge in [-0.2, -0.15) is 0 Å². The van der Waals surface area contributed by atoms with Crippen LogP contribution in [0.1, 0.15) is 6.92 Å². The van der Waals surface area contributed by atoms with E-state index in [0.29, 0.717) is 5.69 Å². The summed E-state index contributed by atoms with van der Waals surface area (Å²) in [6.45, 7) is 2.09. The van der Waals surface area contributed by atoms with Gasteiger partial charge < -0.3 is 4.98 Å². The molecule has 82 valence electrons. The van der Waals surface area contributed by atoms with Gasteiger partial charge in [0, 0.05) is 17.3 Å². The Kier molecular flexibility index (Phi) is 3.36. The number of pyridine rings is 1. The second-order valence-corrected chi connectivity index (χ2v) is 4.39. The van der Waals surface area contributed by atoms with Crippen molar-refractivity contribution in [2.45, 2.75) is 11.8 Å². The molecule has 0 aliphatic heterocycles. The minimum atomic E-state index is -0.204. The monoisotopic (exact) mass is 233 g/mol. The molecule has 2 aromatic heterocycles. The number of nitrogens with one attached hydrogen (secondary N) is 1. The maximum atomic E-state index is 10.9. The predicted octanol–water partition coefficient (Wildman–Crippen LogP) is 1.94. The highest BCUT2D eigenvalue weighted by Crippen LogP contribution is 2.26. The van der Waals surface area contributed by atoms with E-state index in [0.717, 1.165) is 16.3 Å². The molecule has 0 aliphatic carbocycles. The van der Waals surface area contributed by atoms with Crippen LogP contribution in [0.5, 0.6) is 0 Å². The topological polar surface area (TPSA) is 58.6 Å². The molecule has 0 radical (unpaired) electrons.